The van der Waals surface area contributed by atoms with Gasteiger partial charge < -0.3 is 4.52 Å². The molecule has 2 aliphatic rings. The largest absolute Gasteiger partial charge is 0.530 e. The summed E-state index contributed by atoms with van der Waals surface area (Å²) in [6, 6.07) is 18.4. The Labute approximate surface area is 181 Å². The molecule has 0 bridgehead atoms. The van der Waals surface area contributed by atoms with Gasteiger partial charge in [0.1, 0.15) is 5.76 Å². The van der Waals surface area contributed by atoms with Crippen LogP contribution in [0.4, 0.5) is 0 Å². The monoisotopic (exact) mass is 466 g/mol. The number of rotatable bonds is 6. The lowest BCUT2D eigenvalue weighted by molar-refractivity contribution is -0.0947. The van der Waals surface area contributed by atoms with Crippen molar-refractivity contribution in [1.29, 1.82) is 0 Å². The average molecular weight is 466 g/mol. The van der Waals surface area contributed by atoms with Crippen molar-refractivity contribution in [3.8, 4) is 0 Å². The molecule has 0 radical (unpaired) electrons. The second kappa shape index (κ2) is 9.00. The molecular formula is C21H24O8P2. The van der Waals surface area contributed by atoms with E-state index in [9.17, 15) is 9.13 Å². The zero-order valence-corrected chi connectivity index (χ0v) is 18.8. The van der Waals surface area contributed by atoms with Crippen molar-refractivity contribution >= 4 is 21.4 Å². The highest BCUT2D eigenvalue weighted by molar-refractivity contribution is 7.49. The van der Waals surface area contributed by atoms with Crippen molar-refractivity contribution in [1.82, 2.24) is 0 Å². The van der Waals surface area contributed by atoms with E-state index in [1.807, 2.05) is 48.5 Å². The van der Waals surface area contributed by atoms with E-state index in [1.54, 1.807) is 19.1 Å². The van der Waals surface area contributed by atoms with Crippen molar-refractivity contribution in [3.05, 3.63) is 78.4 Å². The van der Waals surface area contributed by atoms with Gasteiger partial charge in [-0.3, -0.25) is 22.6 Å². The fourth-order valence-electron chi connectivity index (χ4n) is 3.09. The van der Waals surface area contributed by atoms with Gasteiger partial charge in [0.25, 0.3) is 0 Å². The summed E-state index contributed by atoms with van der Waals surface area (Å²) in [7, 11) is -7.58. The van der Waals surface area contributed by atoms with Gasteiger partial charge in [-0.2, -0.15) is 0 Å². The molecule has 0 aliphatic carbocycles. The fourth-order valence-corrected chi connectivity index (χ4v) is 6.08. The third-order valence-electron chi connectivity index (χ3n) is 4.99. The summed E-state index contributed by atoms with van der Waals surface area (Å²) < 4.78 is 58.4. The molecule has 2 aliphatic heterocycles. The molecule has 10 heteroatoms. The Hall–Kier alpha value is -1.76. The Morgan fingerprint density at radius 1 is 0.871 bits per heavy atom. The van der Waals surface area contributed by atoms with E-state index in [4.69, 9.17) is 27.1 Å². The quantitative estimate of drug-likeness (QED) is 0.393. The van der Waals surface area contributed by atoms with Crippen LogP contribution in [-0.4, -0.2) is 26.4 Å². The van der Waals surface area contributed by atoms with E-state index < -0.39 is 27.2 Å². The lowest BCUT2D eigenvalue weighted by Gasteiger charge is -2.42. The minimum atomic E-state index is -3.83. The Bertz CT molecular complexity index is 985. The van der Waals surface area contributed by atoms with Gasteiger partial charge in [0.2, 0.25) is 0 Å². The van der Waals surface area contributed by atoms with Crippen LogP contribution >= 0.6 is 15.6 Å². The Morgan fingerprint density at radius 3 is 1.90 bits per heavy atom. The SMILES string of the molecule is C=C(OP1(=O)OCC2(CO1)COP(=O)(OC(C)c1ccccc1)OC2)c1ccccc1. The first-order valence-corrected chi connectivity index (χ1v) is 12.7. The summed E-state index contributed by atoms with van der Waals surface area (Å²) in [4.78, 5) is 0. The molecule has 166 valence electrons. The van der Waals surface area contributed by atoms with Crippen molar-refractivity contribution in [2.24, 2.45) is 5.41 Å². The minimum Gasteiger partial charge on any atom is -0.404 e. The molecule has 1 unspecified atom stereocenters. The number of phosphoric ester groups is 2. The van der Waals surface area contributed by atoms with Gasteiger partial charge in [-0.1, -0.05) is 67.2 Å². The standard InChI is InChI=1S/C21H24O8P2/c1-17(19-9-5-3-6-10-19)28-30(22)24-13-21(14-25-30)15-26-31(23,27-16-21)29-18(2)20-11-7-4-8-12-20/h3-12,18H,1,13-16H2,2H3. The van der Waals surface area contributed by atoms with Crippen LogP contribution in [0, 0.1) is 5.41 Å². The molecule has 2 heterocycles. The maximum atomic E-state index is 12.8. The van der Waals surface area contributed by atoms with Crippen LogP contribution in [-0.2, 0) is 36.3 Å². The molecule has 8 nitrogen and oxygen atoms in total. The Morgan fingerprint density at radius 2 is 1.35 bits per heavy atom. The maximum absolute atomic E-state index is 12.8. The lowest BCUT2D eigenvalue weighted by atomic mass is 9.93. The minimum absolute atomic E-state index is 0.00538. The van der Waals surface area contributed by atoms with Gasteiger partial charge in [0.15, 0.2) is 0 Å². The summed E-state index contributed by atoms with van der Waals surface area (Å²) in [5, 5.41) is 0. The van der Waals surface area contributed by atoms with Gasteiger partial charge in [-0.05, 0) is 12.5 Å². The average Bonchev–Trinajstić information content (AvgIpc) is 2.79. The molecule has 2 aromatic carbocycles. The summed E-state index contributed by atoms with van der Waals surface area (Å²) in [5.74, 6) is 0.184. The smallest absolute Gasteiger partial charge is 0.404 e. The second-order valence-corrected chi connectivity index (χ2v) is 10.7. The number of phosphoric acid groups is 2. The fraction of sp³-hybridized carbons (Fsp3) is 0.333. The van der Waals surface area contributed by atoms with Crippen LogP contribution in [0.15, 0.2) is 67.2 Å². The normalized spacial score (nSPS) is 31.8. The third kappa shape index (κ3) is 5.36. The van der Waals surface area contributed by atoms with Crippen molar-refractivity contribution in [2.45, 2.75) is 13.0 Å². The molecule has 2 saturated heterocycles. The molecule has 0 N–H and O–H groups in total. The number of hydrogen-bond acceptors (Lipinski definition) is 8. The van der Waals surface area contributed by atoms with Crippen molar-refractivity contribution < 1.29 is 36.3 Å². The molecule has 1 atom stereocenters. The lowest BCUT2D eigenvalue weighted by Crippen LogP contribution is -2.45. The molecule has 31 heavy (non-hydrogen) atoms. The Kier molecular flexibility index (Phi) is 6.52. The topological polar surface area (TPSA) is 89.5 Å². The number of hydrogen-bond donors (Lipinski definition) is 0. The van der Waals surface area contributed by atoms with E-state index in [0.29, 0.717) is 5.56 Å². The van der Waals surface area contributed by atoms with E-state index in [-0.39, 0.29) is 32.2 Å². The highest BCUT2D eigenvalue weighted by Crippen LogP contribution is 2.62. The highest BCUT2D eigenvalue weighted by atomic mass is 31.2. The highest BCUT2D eigenvalue weighted by Gasteiger charge is 2.51. The van der Waals surface area contributed by atoms with Crippen LogP contribution < -0.4 is 0 Å². The number of benzene rings is 2. The molecule has 2 fully saturated rings. The first-order chi connectivity index (χ1) is 14.8. The third-order valence-corrected chi connectivity index (χ3v) is 7.79. The molecule has 0 saturated carbocycles. The molecule has 2 aromatic rings. The van der Waals surface area contributed by atoms with E-state index in [2.05, 4.69) is 6.58 Å². The summed E-state index contributed by atoms with van der Waals surface area (Å²) >= 11 is 0. The van der Waals surface area contributed by atoms with Crippen LogP contribution in [0.1, 0.15) is 24.2 Å². The maximum Gasteiger partial charge on any atom is 0.530 e. The van der Waals surface area contributed by atoms with Gasteiger partial charge in [0.05, 0.1) is 37.9 Å². The predicted molar refractivity (Wildman–Crippen MR) is 114 cm³/mol. The van der Waals surface area contributed by atoms with Crippen LogP contribution in [0.3, 0.4) is 0 Å². The van der Waals surface area contributed by atoms with Gasteiger partial charge in [-0.15, -0.1) is 0 Å². The van der Waals surface area contributed by atoms with E-state index in [1.165, 1.54) is 0 Å². The van der Waals surface area contributed by atoms with Gasteiger partial charge in [-0.25, -0.2) is 9.13 Å². The first kappa shape index (κ1) is 22.4. The van der Waals surface area contributed by atoms with Crippen LogP contribution in [0.5, 0.6) is 0 Å². The van der Waals surface area contributed by atoms with E-state index in [0.717, 1.165) is 5.56 Å². The molecule has 4 rings (SSSR count). The van der Waals surface area contributed by atoms with Crippen molar-refractivity contribution in [2.75, 3.05) is 26.4 Å². The first-order valence-electron chi connectivity index (χ1n) is 9.76. The van der Waals surface area contributed by atoms with Crippen molar-refractivity contribution in [3.63, 3.8) is 0 Å². The van der Waals surface area contributed by atoms with Gasteiger partial charge in [0, 0.05) is 5.56 Å². The Balaban J connectivity index is 1.31. The van der Waals surface area contributed by atoms with Crippen LogP contribution in [0.25, 0.3) is 5.76 Å². The zero-order valence-electron chi connectivity index (χ0n) is 17.0. The summed E-state index contributed by atoms with van der Waals surface area (Å²) in [6.45, 7) is 5.54. The van der Waals surface area contributed by atoms with Crippen LogP contribution in [0.2, 0.25) is 0 Å². The van der Waals surface area contributed by atoms with E-state index >= 15 is 0 Å². The zero-order chi connectivity index (χ0) is 22.0. The summed E-state index contributed by atoms with van der Waals surface area (Å²) in [6.07, 6.45) is -0.474. The molecular weight excluding hydrogens is 442 g/mol. The molecule has 0 aromatic heterocycles. The summed E-state index contributed by atoms with van der Waals surface area (Å²) in [5.41, 5.74) is 0.755. The van der Waals surface area contributed by atoms with Gasteiger partial charge >= 0.3 is 15.6 Å². The second-order valence-electron chi connectivity index (χ2n) is 7.53. The molecule has 0 amide bonds. The molecule has 1 spiro atoms. The predicted octanol–water partition coefficient (Wildman–Crippen LogP) is 5.75.